The number of thiophene rings is 1. The van der Waals surface area contributed by atoms with Gasteiger partial charge >= 0.3 is 0 Å². The zero-order valence-electron chi connectivity index (χ0n) is 10.3. The van der Waals surface area contributed by atoms with E-state index in [1.165, 1.54) is 4.90 Å². The number of imide groups is 1. The molecule has 4 nitrogen and oxygen atoms in total. The lowest BCUT2D eigenvalue weighted by Gasteiger charge is -2.19. The van der Waals surface area contributed by atoms with E-state index in [0.717, 1.165) is 8.66 Å². The molecule has 1 aromatic rings. The van der Waals surface area contributed by atoms with Crippen molar-refractivity contribution in [3.8, 4) is 0 Å². The average molecular weight is 331 g/mol. The third-order valence-electron chi connectivity index (χ3n) is 2.85. The fraction of sp³-hybridized carbons (Fsp3) is 0.500. The second kappa shape index (κ2) is 5.50. The predicted molar refractivity (Wildman–Crippen MR) is 74.3 cm³/mol. The standard InChI is InChI=1S/C12H15BrN2O2S/c1-7(2)15-11(16)5-9(12(15)17)14-6-8-3-4-10(13)18-8/h3-4,7,9,14H,5-6H2,1-2H3. The lowest BCUT2D eigenvalue weighted by atomic mass is 10.2. The van der Waals surface area contributed by atoms with E-state index in [9.17, 15) is 9.59 Å². The summed E-state index contributed by atoms with van der Waals surface area (Å²) in [4.78, 5) is 26.2. The Bertz CT molecular complexity index is 472. The number of hydrogen-bond donors (Lipinski definition) is 1. The number of rotatable bonds is 4. The smallest absolute Gasteiger partial charge is 0.247 e. The van der Waals surface area contributed by atoms with Crippen LogP contribution < -0.4 is 5.32 Å². The van der Waals surface area contributed by atoms with Gasteiger partial charge in [-0.15, -0.1) is 11.3 Å². The third kappa shape index (κ3) is 2.81. The van der Waals surface area contributed by atoms with Crippen LogP contribution in [0.2, 0.25) is 0 Å². The van der Waals surface area contributed by atoms with Crippen molar-refractivity contribution < 1.29 is 9.59 Å². The molecule has 0 aliphatic carbocycles. The Balaban J connectivity index is 1.95. The molecule has 0 bridgehead atoms. The largest absolute Gasteiger partial charge is 0.300 e. The van der Waals surface area contributed by atoms with E-state index >= 15 is 0 Å². The zero-order chi connectivity index (χ0) is 13.3. The average Bonchev–Trinajstić information content (AvgIpc) is 2.80. The van der Waals surface area contributed by atoms with Crippen molar-refractivity contribution in [3.63, 3.8) is 0 Å². The van der Waals surface area contributed by atoms with Gasteiger partial charge in [0.1, 0.15) is 0 Å². The molecule has 0 saturated carbocycles. The summed E-state index contributed by atoms with van der Waals surface area (Å²) in [5.74, 6) is -0.189. The van der Waals surface area contributed by atoms with Gasteiger partial charge in [0, 0.05) is 17.5 Å². The summed E-state index contributed by atoms with van der Waals surface area (Å²) in [5, 5.41) is 3.15. The van der Waals surface area contributed by atoms with E-state index in [1.807, 2.05) is 26.0 Å². The fourth-order valence-corrected chi connectivity index (χ4v) is 3.46. The van der Waals surface area contributed by atoms with Gasteiger partial charge in [0.2, 0.25) is 11.8 Å². The van der Waals surface area contributed by atoms with Crippen molar-refractivity contribution in [1.82, 2.24) is 10.2 Å². The molecule has 0 radical (unpaired) electrons. The molecule has 0 aromatic carbocycles. The van der Waals surface area contributed by atoms with Crippen LogP contribution in [0.5, 0.6) is 0 Å². The summed E-state index contributed by atoms with van der Waals surface area (Å²) in [6.45, 7) is 4.33. The molecule has 1 aromatic heterocycles. The SMILES string of the molecule is CC(C)N1C(=O)CC(NCc2ccc(Br)s2)C1=O. The van der Waals surface area contributed by atoms with E-state index in [2.05, 4.69) is 21.2 Å². The molecule has 18 heavy (non-hydrogen) atoms. The summed E-state index contributed by atoms with van der Waals surface area (Å²) in [6, 6.07) is 3.54. The normalized spacial score (nSPS) is 20.2. The van der Waals surface area contributed by atoms with Crippen LogP contribution in [0.15, 0.2) is 15.9 Å². The summed E-state index contributed by atoms with van der Waals surface area (Å²) in [5.41, 5.74) is 0. The summed E-state index contributed by atoms with van der Waals surface area (Å²) >= 11 is 5.02. The first-order valence-electron chi connectivity index (χ1n) is 5.82. The van der Waals surface area contributed by atoms with Gasteiger partial charge in [0.25, 0.3) is 0 Å². The van der Waals surface area contributed by atoms with Gasteiger partial charge in [0.05, 0.1) is 16.2 Å². The van der Waals surface area contributed by atoms with Gasteiger partial charge < -0.3 is 5.32 Å². The second-order valence-electron chi connectivity index (χ2n) is 4.54. The number of hydrogen-bond acceptors (Lipinski definition) is 4. The molecule has 2 amide bonds. The van der Waals surface area contributed by atoms with Crippen molar-refractivity contribution in [2.24, 2.45) is 0 Å². The molecule has 1 aliphatic heterocycles. The molecule has 2 rings (SSSR count). The zero-order valence-corrected chi connectivity index (χ0v) is 12.7. The molecule has 1 aliphatic rings. The van der Waals surface area contributed by atoms with Crippen molar-refractivity contribution in [2.75, 3.05) is 0 Å². The van der Waals surface area contributed by atoms with Crippen LogP contribution in [0, 0.1) is 0 Å². The number of nitrogens with one attached hydrogen (secondary N) is 1. The lowest BCUT2D eigenvalue weighted by molar-refractivity contribution is -0.140. The number of carbonyl (C=O) groups excluding carboxylic acids is 2. The van der Waals surface area contributed by atoms with Crippen LogP contribution in [-0.2, 0) is 16.1 Å². The van der Waals surface area contributed by atoms with Crippen LogP contribution in [0.4, 0.5) is 0 Å². The highest BCUT2D eigenvalue weighted by atomic mass is 79.9. The molecule has 2 heterocycles. The van der Waals surface area contributed by atoms with Crippen molar-refractivity contribution in [3.05, 3.63) is 20.8 Å². The minimum atomic E-state index is -0.374. The van der Waals surface area contributed by atoms with Gasteiger partial charge in [-0.3, -0.25) is 14.5 Å². The highest BCUT2D eigenvalue weighted by Gasteiger charge is 2.39. The van der Waals surface area contributed by atoms with Gasteiger partial charge in [-0.1, -0.05) is 0 Å². The monoisotopic (exact) mass is 330 g/mol. The number of nitrogens with zero attached hydrogens (tertiary/aromatic N) is 1. The third-order valence-corrected chi connectivity index (χ3v) is 4.47. The maximum Gasteiger partial charge on any atom is 0.247 e. The van der Waals surface area contributed by atoms with Crippen molar-refractivity contribution >= 4 is 39.1 Å². The van der Waals surface area contributed by atoms with Crippen LogP contribution in [0.25, 0.3) is 0 Å². The first-order valence-corrected chi connectivity index (χ1v) is 7.43. The van der Waals surface area contributed by atoms with Gasteiger partial charge in [0.15, 0.2) is 0 Å². The maximum absolute atomic E-state index is 12.0. The Labute approximate surface area is 118 Å². The Morgan fingerprint density at radius 2 is 2.22 bits per heavy atom. The summed E-state index contributed by atoms with van der Waals surface area (Å²) in [6.07, 6.45) is 0.267. The van der Waals surface area contributed by atoms with Crippen LogP contribution in [0.1, 0.15) is 25.1 Å². The molecule has 1 saturated heterocycles. The number of likely N-dealkylation sites (tertiary alicyclic amines) is 1. The molecular formula is C12H15BrN2O2S. The summed E-state index contributed by atoms with van der Waals surface area (Å²) in [7, 11) is 0. The molecule has 0 spiro atoms. The van der Waals surface area contributed by atoms with Crippen LogP contribution in [-0.4, -0.2) is 28.8 Å². The maximum atomic E-state index is 12.0. The fourth-order valence-electron chi connectivity index (χ4n) is 2.02. The second-order valence-corrected chi connectivity index (χ2v) is 7.09. The van der Waals surface area contributed by atoms with E-state index in [1.54, 1.807) is 11.3 Å². The Morgan fingerprint density at radius 3 is 2.72 bits per heavy atom. The number of amides is 2. The Hall–Kier alpha value is -0.720. The minimum Gasteiger partial charge on any atom is -0.300 e. The molecule has 98 valence electrons. The van der Waals surface area contributed by atoms with Gasteiger partial charge in [-0.25, -0.2) is 0 Å². The first kappa shape index (κ1) is 13.7. The Morgan fingerprint density at radius 1 is 1.50 bits per heavy atom. The highest BCUT2D eigenvalue weighted by Crippen LogP contribution is 2.23. The first-order chi connectivity index (χ1) is 8.49. The Kier molecular flexibility index (Phi) is 4.19. The summed E-state index contributed by atoms with van der Waals surface area (Å²) < 4.78 is 1.07. The van der Waals surface area contributed by atoms with Gasteiger partial charge in [-0.2, -0.15) is 0 Å². The van der Waals surface area contributed by atoms with E-state index < -0.39 is 0 Å². The predicted octanol–water partition coefficient (Wildman–Crippen LogP) is 2.14. The highest BCUT2D eigenvalue weighted by molar-refractivity contribution is 9.11. The van der Waals surface area contributed by atoms with Crippen molar-refractivity contribution in [1.29, 1.82) is 0 Å². The van der Waals surface area contributed by atoms with E-state index in [4.69, 9.17) is 0 Å². The molecule has 1 fully saturated rings. The molecule has 6 heteroatoms. The molecule has 1 atom stereocenters. The molecule has 1 N–H and O–H groups in total. The van der Waals surface area contributed by atoms with Gasteiger partial charge in [-0.05, 0) is 41.9 Å². The lowest BCUT2D eigenvalue weighted by Crippen LogP contribution is -2.41. The van der Waals surface area contributed by atoms with E-state index in [-0.39, 0.29) is 30.3 Å². The quantitative estimate of drug-likeness (QED) is 0.860. The molecular weight excluding hydrogens is 316 g/mol. The van der Waals surface area contributed by atoms with E-state index in [0.29, 0.717) is 6.54 Å². The molecule has 1 unspecified atom stereocenters. The topological polar surface area (TPSA) is 49.4 Å². The number of halogens is 1. The van der Waals surface area contributed by atoms with Crippen LogP contribution in [0.3, 0.4) is 0 Å². The van der Waals surface area contributed by atoms with Crippen LogP contribution >= 0.6 is 27.3 Å². The van der Waals surface area contributed by atoms with Crippen molar-refractivity contribution in [2.45, 2.75) is 38.9 Å². The number of carbonyl (C=O) groups is 2. The minimum absolute atomic E-state index is 0.0623.